The molecule has 0 atom stereocenters. The topological polar surface area (TPSA) is 55.1 Å². The summed E-state index contributed by atoms with van der Waals surface area (Å²) in [5, 5.41) is 2.49. The van der Waals surface area contributed by atoms with E-state index in [0.29, 0.717) is 25.1 Å². The maximum atomic E-state index is 12.2. The van der Waals surface area contributed by atoms with Crippen molar-refractivity contribution in [2.24, 2.45) is 5.73 Å². The number of nitrogens with one attached hydrogen (secondary N) is 1. The average molecular weight is 288 g/mol. The van der Waals surface area contributed by atoms with E-state index in [0.717, 1.165) is 12.5 Å². The molecule has 0 unspecified atom stereocenters. The number of benzene rings is 1. The Morgan fingerprint density at radius 1 is 1.15 bits per heavy atom. The summed E-state index contributed by atoms with van der Waals surface area (Å²) in [6.45, 7) is 7.34. The summed E-state index contributed by atoms with van der Waals surface area (Å²) in [7, 11) is 0. The van der Waals surface area contributed by atoms with Gasteiger partial charge < -0.3 is 11.1 Å². The number of hydrogen-bond acceptors (Lipinski definition) is 2. The quantitative estimate of drug-likeness (QED) is 0.646. The highest BCUT2D eigenvalue weighted by Crippen LogP contribution is 2.05. The summed E-state index contributed by atoms with van der Waals surface area (Å²) in [6, 6.07) is 3.42. The van der Waals surface area contributed by atoms with Gasteiger partial charge in [0, 0.05) is 12.6 Å². The van der Waals surface area contributed by atoms with E-state index in [4.69, 9.17) is 5.73 Å². The number of halogens is 2. The standard InChI is InChI=1S/C7H6F2.C4H10N2O.C4H10/c1-5-2-6(8)4-7(9)3-5;5-2-1-3-6-4-7;1-3-4-2/h2-4H,1H3;4H,1-3,5H2,(H,6,7);3-4H2,1-2H3. The predicted octanol–water partition coefficient (Wildman–Crippen LogP) is 3.16. The fourth-order valence-electron chi connectivity index (χ4n) is 0.955. The van der Waals surface area contributed by atoms with Crippen LogP contribution in [0.15, 0.2) is 18.2 Å². The second-order valence-corrected chi connectivity index (χ2v) is 4.16. The highest BCUT2D eigenvalue weighted by molar-refractivity contribution is 5.45. The number of hydrogen-bond donors (Lipinski definition) is 2. The Balaban J connectivity index is 0. The molecule has 0 spiro atoms. The highest BCUT2D eigenvalue weighted by Gasteiger charge is 1.93. The zero-order valence-corrected chi connectivity index (χ0v) is 12.6. The third-order valence-corrected chi connectivity index (χ3v) is 2.12. The van der Waals surface area contributed by atoms with Gasteiger partial charge in [-0.3, -0.25) is 4.79 Å². The largest absolute Gasteiger partial charge is 0.359 e. The van der Waals surface area contributed by atoms with E-state index in [9.17, 15) is 13.6 Å². The van der Waals surface area contributed by atoms with Crippen LogP contribution in [0.2, 0.25) is 0 Å². The van der Waals surface area contributed by atoms with Crippen molar-refractivity contribution in [2.75, 3.05) is 13.1 Å². The van der Waals surface area contributed by atoms with Crippen molar-refractivity contribution in [3.63, 3.8) is 0 Å². The third kappa shape index (κ3) is 16.5. The highest BCUT2D eigenvalue weighted by atomic mass is 19.1. The minimum atomic E-state index is -0.521. The van der Waals surface area contributed by atoms with Crippen LogP contribution in [-0.4, -0.2) is 19.5 Å². The molecule has 1 aromatic rings. The smallest absolute Gasteiger partial charge is 0.207 e. The van der Waals surface area contributed by atoms with Gasteiger partial charge in [-0.2, -0.15) is 0 Å². The van der Waals surface area contributed by atoms with Crippen LogP contribution in [-0.2, 0) is 4.79 Å². The first kappa shape index (κ1) is 20.8. The number of amides is 1. The van der Waals surface area contributed by atoms with Gasteiger partial charge in [-0.25, -0.2) is 8.78 Å². The number of carbonyl (C=O) groups excluding carboxylic acids is 1. The van der Waals surface area contributed by atoms with Crippen LogP contribution in [0.1, 0.15) is 38.7 Å². The van der Waals surface area contributed by atoms with Crippen molar-refractivity contribution >= 4 is 6.41 Å². The van der Waals surface area contributed by atoms with Gasteiger partial charge in [-0.05, 0) is 37.6 Å². The summed E-state index contributed by atoms with van der Waals surface area (Å²) in [5.74, 6) is -1.04. The van der Waals surface area contributed by atoms with Crippen LogP contribution in [0.5, 0.6) is 0 Å². The minimum absolute atomic E-state index is 0.521. The number of nitrogens with two attached hydrogens (primary N) is 1. The molecule has 0 aromatic heterocycles. The van der Waals surface area contributed by atoms with Gasteiger partial charge in [0.1, 0.15) is 11.6 Å². The Labute approximate surface area is 120 Å². The Kier molecular flexibility index (Phi) is 16.2. The van der Waals surface area contributed by atoms with Crippen LogP contribution in [0, 0.1) is 18.6 Å². The van der Waals surface area contributed by atoms with E-state index in [1.807, 2.05) is 0 Å². The van der Waals surface area contributed by atoms with E-state index in [1.165, 1.54) is 25.0 Å². The summed E-state index contributed by atoms with van der Waals surface area (Å²) in [4.78, 5) is 9.53. The number of unbranched alkanes of at least 4 members (excludes halogenated alkanes) is 1. The zero-order chi connectivity index (χ0) is 15.8. The minimum Gasteiger partial charge on any atom is -0.359 e. The molecule has 0 aliphatic heterocycles. The molecule has 3 N–H and O–H groups in total. The fourth-order valence-corrected chi connectivity index (χ4v) is 0.955. The van der Waals surface area contributed by atoms with Crippen LogP contribution in [0.25, 0.3) is 0 Å². The molecule has 0 bridgehead atoms. The summed E-state index contributed by atoms with van der Waals surface area (Å²) < 4.78 is 24.4. The number of carbonyl (C=O) groups is 1. The molecule has 3 nitrogen and oxygen atoms in total. The van der Waals surface area contributed by atoms with Crippen LogP contribution in [0.4, 0.5) is 8.78 Å². The molecular formula is C15H26F2N2O. The van der Waals surface area contributed by atoms with Crippen LogP contribution < -0.4 is 11.1 Å². The molecule has 0 saturated carbocycles. The van der Waals surface area contributed by atoms with E-state index in [2.05, 4.69) is 19.2 Å². The van der Waals surface area contributed by atoms with E-state index >= 15 is 0 Å². The lowest BCUT2D eigenvalue weighted by molar-refractivity contribution is -0.109. The number of rotatable bonds is 5. The Morgan fingerprint density at radius 3 is 1.95 bits per heavy atom. The van der Waals surface area contributed by atoms with Crippen molar-refractivity contribution in [3.8, 4) is 0 Å². The molecule has 0 fully saturated rings. The van der Waals surface area contributed by atoms with Gasteiger partial charge in [0.2, 0.25) is 6.41 Å². The molecule has 1 aromatic carbocycles. The monoisotopic (exact) mass is 288 g/mol. The summed E-state index contributed by atoms with van der Waals surface area (Å²) >= 11 is 0. The van der Waals surface area contributed by atoms with Gasteiger partial charge >= 0.3 is 0 Å². The van der Waals surface area contributed by atoms with E-state index in [-0.39, 0.29) is 0 Å². The van der Waals surface area contributed by atoms with Crippen molar-refractivity contribution in [1.29, 1.82) is 0 Å². The lowest BCUT2D eigenvalue weighted by Crippen LogP contribution is -2.15. The summed E-state index contributed by atoms with van der Waals surface area (Å²) in [5.41, 5.74) is 5.72. The number of aryl methyl sites for hydroxylation is 1. The van der Waals surface area contributed by atoms with Crippen molar-refractivity contribution in [2.45, 2.75) is 40.0 Å². The van der Waals surface area contributed by atoms with E-state index in [1.54, 1.807) is 6.92 Å². The molecule has 1 rings (SSSR count). The maximum Gasteiger partial charge on any atom is 0.207 e. The Bertz CT molecular complexity index is 294. The fraction of sp³-hybridized carbons (Fsp3) is 0.533. The van der Waals surface area contributed by atoms with Gasteiger partial charge in [0.25, 0.3) is 0 Å². The molecule has 5 heteroatoms. The Hall–Kier alpha value is -1.49. The van der Waals surface area contributed by atoms with E-state index < -0.39 is 11.6 Å². The van der Waals surface area contributed by atoms with Crippen molar-refractivity contribution < 1.29 is 13.6 Å². The van der Waals surface area contributed by atoms with Gasteiger partial charge in [0.05, 0.1) is 0 Å². The lowest BCUT2D eigenvalue weighted by Gasteiger charge is -1.91. The van der Waals surface area contributed by atoms with Crippen LogP contribution >= 0.6 is 0 Å². The van der Waals surface area contributed by atoms with Gasteiger partial charge in [-0.1, -0.05) is 26.7 Å². The Morgan fingerprint density at radius 2 is 1.65 bits per heavy atom. The zero-order valence-electron chi connectivity index (χ0n) is 12.6. The van der Waals surface area contributed by atoms with Crippen molar-refractivity contribution in [1.82, 2.24) is 5.32 Å². The maximum absolute atomic E-state index is 12.2. The average Bonchev–Trinajstić information content (AvgIpc) is 2.39. The molecule has 1 amide bonds. The van der Waals surface area contributed by atoms with Crippen LogP contribution in [0.3, 0.4) is 0 Å². The molecule has 0 aliphatic carbocycles. The first-order valence-corrected chi connectivity index (χ1v) is 6.81. The first-order valence-electron chi connectivity index (χ1n) is 6.81. The normalized spacial score (nSPS) is 8.70. The second kappa shape index (κ2) is 15.6. The molecule has 20 heavy (non-hydrogen) atoms. The van der Waals surface area contributed by atoms with Gasteiger partial charge in [0.15, 0.2) is 0 Å². The predicted molar refractivity (Wildman–Crippen MR) is 79.4 cm³/mol. The third-order valence-electron chi connectivity index (χ3n) is 2.12. The molecule has 0 saturated heterocycles. The van der Waals surface area contributed by atoms with Gasteiger partial charge in [-0.15, -0.1) is 0 Å². The molecule has 116 valence electrons. The molecule has 0 heterocycles. The molecule has 0 aliphatic rings. The van der Waals surface area contributed by atoms with Crippen molar-refractivity contribution in [3.05, 3.63) is 35.4 Å². The molecule has 0 radical (unpaired) electrons. The first-order chi connectivity index (χ1) is 9.51. The SMILES string of the molecule is CCCC.Cc1cc(F)cc(F)c1.NCCCNC=O. The lowest BCUT2D eigenvalue weighted by atomic mass is 10.2. The second-order valence-electron chi connectivity index (χ2n) is 4.16. The summed E-state index contributed by atoms with van der Waals surface area (Å²) in [6.07, 6.45) is 4.18. The molecular weight excluding hydrogens is 262 g/mol.